The molecule has 0 aromatic carbocycles. The van der Waals surface area contributed by atoms with Crippen LogP contribution in [-0.4, -0.2) is 17.0 Å². The van der Waals surface area contributed by atoms with Crippen molar-refractivity contribution in [2.75, 3.05) is 7.05 Å². The molecule has 0 bridgehead atoms. The van der Waals surface area contributed by atoms with E-state index in [1.165, 1.54) is 0 Å². The van der Waals surface area contributed by atoms with Gasteiger partial charge < -0.3 is 11.5 Å². The summed E-state index contributed by atoms with van der Waals surface area (Å²) in [6, 6.07) is 0. The van der Waals surface area contributed by atoms with Gasteiger partial charge in [-0.2, -0.15) is 0 Å². The van der Waals surface area contributed by atoms with E-state index in [1.54, 1.807) is 18.6 Å². The maximum Gasteiger partial charge on any atom is 0.0724 e. The lowest BCUT2D eigenvalue weighted by Gasteiger charge is -1.94. The highest BCUT2D eigenvalue weighted by atomic mass is 14.9. The summed E-state index contributed by atoms with van der Waals surface area (Å²) in [5, 5.41) is 2.98. The number of nitrogens with zero attached hydrogens (tertiary/aromatic N) is 2. The van der Waals surface area contributed by atoms with E-state index in [0.717, 1.165) is 12.2 Å². The Balaban J connectivity index is 0.000000810. The second-order valence-corrected chi connectivity index (χ2v) is 1.73. The molecular formula is C6H12N4. The van der Waals surface area contributed by atoms with Crippen molar-refractivity contribution in [3.8, 4) is 0 Å². The Morgan fingerprint density at radius 3 is 2.80 bits per heavy atom. The van der Waals surface area contributed by atoms with Gasteiger partial charge in [0.2, 0.25) is 0 Å². The van der Waals surface area contributed by atoms with Crippen LogP contribution in [0.2, 0.25) is 0 Å². The van der Waals surface area contributed by atoms with Crippen molar-refractivity contribution in [2.45, 2.75) is 6.54 Å². The Kier molecular flexibility index (Phi) is 4.36. The molecule has 0 fully saturated rings. The van der Waals surface area contributed by atoms with E-state index in [0.29, 0.717) is 0 Å². The molecule has 0 spiro atoms. The Bertz CT molecular complexity index is 163. The lowest BCUT2D eigenvalue weighted by molar-refractivity contribution is 0.784. The number of hydrogen-bond donors (Lipinski definition) is 2. The molecule has 56 valence electrons. The molecule has 0 aliphatic carbocycles. The third-order valence-electron chi connectivity index (χ3n) is 0.975. The summed E-state index contributed by atoms with van der Waals surface area (Å²) in [5.74, 6) is 0. The molecule has 0 aliphatic rings. The fraction of sp³-hybridized carbons (Fsp3) is 0.333. The van der Waals surface area contributed by atoms with Crippen LogP contribution in [0.25, 0.3) is 0 Å². The van der Waals surface area contributed by atoms with Crippen molar-refractivity contribution < 1.29 is 0 Å². The molecule has 0 unspecified atom stereocenters. The number of rotatable bonds is 2. The fourth-order valence-corrected chi connectivity index (χ4v) is 0.602. The molecule has 0 aliphatic heterocycles. The topological polar surface area (TPSA) is 72.8 Å². The first-order valence-electron chi connectivity index (χ1n) is 2.83. The van der Waals surface area contributed by atoms with E-state index < -0.39 is 0 Å². The Morgan fingerprint density at radius 2 is 2.30 bits per heavy atom. The summed E-state index contributed by atoms with van der Waals surface area (Å²) in [7, 11) is 1.88. The third-order valence-corrected chi connectivity index (χ3v) is 0.975. The first kappa shape index (κ1) is 9.00. The average Bonchev–Trinajstić information content (AvgIpc) is 1.91. The van der Waals surface area contributed by atoms with Crippen molar-refractivity contribution in [2.24, 2.45) is 0 Å². The molecule has 1 aromatic heterocycles. The van der Waals surface area contributed by atoms with Gasteiger partial charge in [-0.15, -0.1) is 0 Å². The molecule has 1 rings (SSSR count). The van der Waals surface area contributed by atoms with Gasteiger partial charge in [0.05, 0.1) is 5.69 Å². The van der Waals surface area contributed by atoms with Crippen LogP contribution in [0.5, 0.6) is 0 Å². The molecular weight excluding hydrogens is 128 g/mol. The summed E-state index contributed by atoms with van der Waals surface area (Å²) < 4.78 is 0. The SMILES string of the molecule is CNCc1cnccn1.N. The van der Waals surface area contributed by atoms with E-state index in [9.17, 15) is 0 Å². The highest BCUT2D eigenvalue weighted by Crippen LogP contribution is 1.86. The normalized spacial score (nSPS) is 8.50. The van der Waals surface area contributed by atoms with Gasteiger partial charge in [0.25, 0.3) is 0 Å². The number of hydrogen-bond acceptors (Lipinski definition) is 4. The van der Waals surface area contributed by atoms with E-state index in [1.807, 2.05) is 7.05 Å². The van der Waals surface area contributed by atoms with E-state index in [4.69, 9.17) is 0 Å². The van der Waals surface area contributed by atoms with E-state index in [2.05, 4.69) is 15.3 Å². The predicted molar refractivity (Wildman–Crippen MR) is 39.8 cm³/mol. The van der Waals surface area contributed by atoms with Crippen molar-refractivity contribution in [3.05, 3.63) is 24.3 Å². The lowest BCUT2D eigenvalue weighted by atomic mass is 10.4. The second kappa shape index (κ2) is 4.84. The van der Waals surface area contributed by atoms with Crippen LogP contribution in [-0.2, 0) is 6.54 Å². The molecule has 4 nitrogen and oxygen atoms in total. The van der Waals surface area contributed by atoms with Gasteiger partial charge in [-0.1, -0.05) is 0 Å². The average molecular weight is 140 g/mol. The first-order chi connectivity index (χ1) is 4.43. The van der Waals surface area contributed by atoms with Crippen molar-refractivity contribution in [1.29, 1.82) is 0 Å². The fourth-order valence-electron chi connectivity index (χ4n) is 0.602. The van der Waals surface area contributed by atoms with Gasteiger partial charge in [0, 0.05) is 25.1 Å². The molecule has 4 N–H and O–H groups in total. The summed E-state index contributed by atoms with van der Waals surface area (Å²) in [6.07, 6.45) is 5.10. The Labute approximate surface area is 60.3 Å². The van der Waals surface area contributed by atoms with Crippen molar-refractivity contribution in [1.82, 2.24) is 21.4 Å². The van der Waals surface area contributed by atoms with Crippen LogP contribution < -0.4 is 11.5 Å². The maximum absolute atomic E-state index is 4.04. The van der Waals surface area contributed by atoms with Gasteiger partial charge in [0.1, 0.15) is 0 Å². The minimum atomic E-state index is 0. The van der Waals surface area contributed by atoms with Gasteiger partial charge >= 0.3 is 0 Å². The van der Waals surface area contributed by atoms with Gasteiger partial charge in [-0.05, 0) is 7.05 Å². The highest BCUT2D eigenvalue weighted by molar-refractivity contribution is 4.92. The highest BCUT2D eigenvalue weighted by Gasteiger charge is 1.86. The van der Waals surface area contributed by atoms with Gasteiger partial charge in [-0.3, -0.25) is 9.97 Å². The predicted octanol–water partition coefficient (Wildman–Crippen LogP) is 0.358. The summed E-state index contributed by atoms with van der Waals surface area (Å²) in [5.41, 5.74) is 0.972. The van der Waals surface area contributed by atoms with Crippen LogP contribution in [0.1, 0.15) is 5.69 Å². The van der Waals surface area contributed by atoms with Crippen LogP contribution in [0.4, 0.5) is 0 Å². The minimum absolute atomic E-state index is 0. The van der Waals surface area contributed by atoms with E-state index >= 15 is 0 Å². The van der Waals surface area contributed by atoms with Gasteiger partial charge in [0.15, 0.2) is 0 Å². The molecule has 0 saturated heterocycles. The second-order valence-electron chi connectivity index (χ2n) is 1.73. The Morgan fingerprint density at radius 1 is 1.50 bits per heavy atom. The smallest absolute Gasteiger partial charge is 0.0724 e. The summed E-state index contributed by atoms with van der Waals surface area (Å²) in [6.45, 7) is 0.786. The zero-order valence-electron chi connectivity index (χ0n) is 6.04. The molecule has 10 heavy (non-hydrogen) atoms. The van der Waals surface area contributed by atoms with Crippen LogP contribution >= 0.6 is 0 Å². The largest absolute Gasteiger partial charge is 0.344 e. The van der Waals surface area contributed by atoms with Crippen LogP contribution in [0, 0.1) is 0 Å². The number of nitrogens with one attached hydrogen (secondary N) is 1. The van der Waals surface area contributed by atoms with E-state index in [-0.39, 0.29) is 6.15 Å². The zero-order valence-corrected chi connectivity index (χ0v) is 6.04. The molecule has 1 heterocycles. The number of aromatic nitrogens is 2. The standard InChI is InChI=1S/C6H9N3.H3N/c1-7-4-6-5-8-2-3-9-6;/h2-3,5,7H,4H2,1H3;1H3. The monoisotopic (exact) mass is 140 g/mol. The maximum atomic E-state index is 4.04. The molecule has 4 heteroatoms. The van der Waals surface area contributed by atoms with Crippen molar-refractivity contribution in [3.63, 3.8) is 0 Å². The molecule has 0 atom stereocenters. The quantitative estimate of drug-likeness (QED) is 0.622. The first-order valence-corrected chi connectivity index (χ1v) is 2.83. The third kappa shape index (κ3) is 2.52. The summed E-state index contributed by atoms with van der Waals surface area (Å²) >= 11 is 0. The van der Waals surface area contributed by atoms with Gasteiger partial charge in [-0.25, -0.2) is 0 Å². The molecule has 0 saturated carbocycles. The molecule has 0 amide bonds. The molecule has 1 aromatic rings. The minimum Gasteiger partial charge on any atom is -0.344 e. The van der Waals surface area contributed by atoms with Crippen molar-refractivity contribution >= 4 is 0 Å². The zero-order chi connectivity index (χ0) is 6.53. The Hall–Kier alpha value is -1.00. The van der Waals surface area contributed by atoms with Crippen LogP contribution in [0.3, 0.4) is 0 Å². The lowest BCUT2D eigenvalue weighted by Crippen LogP contribution is -2.06. The molecule has 0 radical (unpaired) electrons. The summed E-state index contributed by atoms with van der Waals surface area (Å²) in [4.78, 5) is 7.94. The van der Waals surface area contributed by atoms with Crippen LogP contribution in [0.15, 0.2) is 18.6 Å².